The molecule has 0 radical (unpaired) electrons. The molecule has 1 aromatic rings. The van der Waals surface area contributed by atoms with Crippen LogP contribution in [0.1, 0.15) is 12.2 Å². The zero-order valence-corrected chi connectivity index (χ0v) is 8.53. The van der Waals surface area contributed by atoms with Crippen LogP contribution in [0, 0.1) is 0 Å². The molecule has 1 aliphatic rings. The summed E-state index contributed by atoms with van der Waals surface area (Å²) in [6.07, 6.45) is 0.513. The number of nitrogens with two attached hydrogens (primary N) is 1. The summed E-state index contributed by atoms with van der Waals surface area (Å²) in [6.45, 7) is 2.55. The van der Waals surface area contributed by atoms with Gasteiger partial charge in [-0.3, -0.25) is 4.79 Å². The van der Waals surface area contributed by atoms with Crippen molar-refractivity contribution in [1.29, 1.82) is 0 Å². The zero-order chi connectivity index (χ0) is 10.7. The number of furan rings is 1. The van der Waals surface area contributed by atoms with Crippen molar-refractivity contribution in [2.45, 2.75) is 13.0 Å². The molecule has 82 valence electrons. The van der Waals surface area contributed by atoms with Crippen molar-refractivity contribution < 1.29 is 9.21 Å². The molecular formula is C10H15N3O2. The predicted octanol–water partition coefficient (Wildman–Crippen LogP) is 0.0646. The highest BCUT2D eigenvalue weighted by Gasteiger charge is 2.15. The van der Waals surface area contributed by atoms with Crippen LogP contribution >= 0.6 is 0 Å². The summed E-state index contributed by atoms with van der Waals surface area (Å²) >= 11 is 0. The van der Waals surface area contributed by atoms with E-state index in [1.807, 2.05) is 12.1 Å². The Morgan fingerprint density at radius 1 is 1.47 bits per heavy atom. The van der Waals surface area contributed by atoms with E-state index >= 15 is 0 Å². The second-order valence-corrected chi connectivity index (χ2v) is 3.53. The lowest BCUT2D eigenvalue weighted by Crippen LogP contribution is -2.28. The third kappa shape index (κ3) is 2.30. The average Bonchev–Trinajstić information content (AvgIpc) is 2.62. The van der Waals surface area contributed by atoms with Gasteiger partial charge in [0.2, 0.25) is 5.91 Å². The number of nitrogens with one attached hydrogen (secondary N) is 1. The van der Waals surface area contributed by atoms with Crippen LogP contribution in [0.2, 0.25) is 0 Å². The van der Waals surface area contributed by atoms with Crippen LogP contribution in [0.4, 0.5) is 5.88 Å². The van der Waals surface area contributed by atoms with Crippen LogP contribution in [0.5, 0.6) is 0 Å². The first-order valence-corrected chi connectivity index (χ1v) is 5.10. The molecule has 0 aliphatic carbocycles. The first kappa shape index (κ1) is 10.0. The lowest BCUT2D eigenvalue weighted by atomic mass is 10.4. The Labute approximate surface area is 88.2 Å². The highest BCUT2D eigenvalue weighted by atomic mass is 16.4. The SMILES string of the molecule is NCc1ccc(N2CCNC(=O)CC2)o1. The Bertz CT molecular complexity index is 348. The van der Waals surface area contributed by atoms with E-state index in [0.717, 1.165) is 18.2 Å². The lowest BCUT2D eigenvalue weighted by molar-refractivity contribution is -0.120. The van der Waals surface area contributed by atoms with Gasteiger partial charge in [-0.05, 0) is 6.07 Å². The van der Waals surface area contributed by atoms with Gasteiger partial charge >= 0.3 is 0 Å². The molecular weight excluding hydrogens is 194 g/mol. The van der Waals surface area contributed by atoms with Gasteiger partial charge in [0.1, 0.15) is 5.76 Å². The molecule has 2 rings (SSSR count). The Morgan fingerprint density at radius 2 is 2.33 bits per heavy atom. The molecule has 5 heteroatoms. The molecule has 3 N–H and O–H groups in total. The molecule has 1 saturated heterocycles. The van der Waals surface area contributed by atoms with Crippen molar-refractivity contribution in [1.82, 2.24) is 5.32 Å². The second kappa shape index (κ2) is 4.35. The molecule has 0 saturated carbocycles. The van der Waals surface area contributed by atoms with E-state index in [9.17, 15) is 4.79 Å². The van der Waals surface area contributed by atoms with Crippen molar-refractivity contribution in [3.8, 4) is 0 Å². The Morgan fingerprint density at radius 3 is 3.07 bits per heavy atom. The molecule has 5 nitrogen and oxygen atoms in total. The summed E-state index contributed by atoms with van der Waals surface area (Å²) < 4.78 is 5.52. The van der Waals surface area contributed by atoms with Gasteiger partial charge in [0.15, 0.2) is 5.88 Å². The monoisotopic (exact) mass is 209 g/mol. The smallest absolute Gasteiger partial charge is 0.221 e. The van der Waals surface area contributed by atoms with Crippen molar-refractivity contribution in [2.24, 2.45) is 5.73 Å². The number of carbonyl (C=O) groups is 1. The maximum atomic E-state index is 11.1. The van der Waals surface area contributed by atoms with Crippen molar-refractivity contribution in [2.75, 3.05) is 24.5 Å². The van der Waals surface area contributed by atoms with Crippen molar-refractivity contribution in [3.05, 3.63) is 17.9 Å². The molecule has 1 fully saturated rings. The van der Waals surface area contributed by atoms with Gasteiger partial charge in [0.25, 0.3) is 0 Å². The molecule has 1 amide bonds. The summed E-state index contributed by atoms with van der Waals surface area (Å²) in [7, 11) is 0. The van der Waals surface area contributed by atoms with Crippen LogP contribution in [0.25, 0.3) is 0 Å². The minimum atomic E-state index is 0.100. The number of rotatable bonds is 2. The summed E-state index contributed by atoms with van der Waals surface area (Å²) in [5.41, 5.74) is 5.47. The maximum absolute atomic E-state index is 11.1. The topological polar surface area (TPSA) is 71.5 Å². The van der Waals surface area contributed by atoms with Crippen LogP contribution in [0.15, 0.2) is 16.5 Å². The highest BCUT2D eigenvalue weighted by Crippen LogP contribution is 2.18. The molecule has 0 spiro atoms. The number of carbonyl (C=O) groups excluding carboxylic acids is 1. The van der Waals surface area contributed by atoms with Crippen LogP contribution < -0.4 is 16.0 Å². The minimum Gasteiger partial charge on any atom is -0.444 e. The fourth-order valence-corrected chi connectivity index (χ4v) is 1.63. The van der Waals surface area contributed by atoms with E-state index in [4.69, 9.17) is 10.2 Å². The van der Waals surface area contributed by atoms with Gasteiger partial charge in [-0.25, -0.2) is 0 Å². The van der Waals surface area contributed by atoms with E-state index in [1.54, 1.807) is 0 Å². The minimum absolute atomic E-state index is 0.100. The molecule has 2 heterocycles. The van der Waals surface area contributed by atoms with E-state index in [1.165, 1.54) is 0 Å². The summed E-state index contributed by atoms with van der Waals surface area (Å²) in [4.78, 5) is 13.2. The third-order valence-electron chi connectivity index (χ3n) is 2.47. The Kier molecular flexibility index (Phi) is 2.91. The third-order valence-corrected chi connectivity index (χ3v) is 2.47. The van der Waals surface area contributed by atoms with Crippen molar-refractivity contribution in [3.63, 3.8) is 0 Å². The highest BCUT2D eigenvalue weighted by molar-refractivity contribution is 5.77. The first-order chi connectivity index (χ1) is 7.29. The normalized spacial score (nSPS) is 17.4. The molecule has 0 unspecified atom stereocenters. The number of nitrogens with zero attached hydrogens (tertiary/aromatic N) is 1. The van der Waals surface area contributed by atoms with Gasteiger partial charge < -0.3 is 20.4 Å². The molecule has 0 bridgehead atoms. The van der Waals surface area contributed by atoms with Gasteiger partial charge in [-0.2, -0.15) is 0 Å². The first-order valence-electron chi connectivity index (χ1n) is 5.10. The van der Waals surface area contributed by atoms with Gasteiger partial charge in [0, 0.05) is 32.1 Å². The van der Waals surface area contributed by atoms with E-state index in [-0.39, 0.29) is 5.91 Å². The number of anilines is 1. The molecule has 1 aliphatic heterocycles. The van der Waals surface area contributed by atoms with E-state index in [0.29, 0.717) is 26.1 Å². The molecule has 1 aromatic heterocycles. The lowest BCUT2D eigenvalue weighted by Gasteiger charge is -2.17. The maximum Gasteiger partial charge on any atom is 0.221 e. The predicted molar refractivity (Wildman–Crippen MR) is 56.4 cm³/mol. The van der Waals surface area contributed by atoms with E-state index < -0.39 is 0 Å². The summed E-state index contributed by atoms with van der Waals surface area (Å²) in [6, 6.07) is 3.77. The van der Waals surface area contributed by atoms with Crippen LogP contribution in [-0.2, 0) is 11.3 Å². The molecule has 0 atom stereocenters. The number of hydrogen-bond donors (Lipinski definition) is 2. The number of hydrogen-bond acceptors (Lipinski definition) is 4. The van der Waals surface area contributed by atoms with Gasteiger partial charge in [-0.15, -0.1) is 0 Å². The Hall–Kier alpha value is -1.49. The molecule has 15 heavy (non-hydrogen) atoms. The van der Waals surface area contributed by atoms with Gasteiger partial charge in [0.05, 0.1) is 6.54 Å². The van der Waals surface area contributed by atoms with Crippen LogP contribution in [0.3, 0.4) is 0 Å². The summed E-state index contributed by atoms with van der Waals surface area (Å²) in [5, 5.41) is 2.82. The average molecular weight is 209 g/mol. The fourth-order valence-electron chi connectivity index (χ4n) is 1.63. The molecule has 0 aromatic carbocycles. The van der Waals surface area contributed by atoms with Crippen molar-refractivity contribution >= 4 is 11.8 Å². The largest absolute Gasteiger partial charge is 0.444 e. The van der Waals surface area contributed by atoms with Gasteiger partial charge in [-0.1, -0.05) is 0 Å². The van der Waals surface area contributed by atoms with E-state index in [2.05, 4.69) is 10.2 Å². The Balaban J connectivity index is 2.06. The zero-order valence-electron chi connectivity index (χ0n) is 8.53. The standard InChI is InChI=1S/C10H15N3O2/c11-7-8-1-2-10(15-8)13-5-3-9(14)12-4-6-13/h1-2H,3-7,11H2,(H,12,14). The summed E-state index contributed by atoms with van der Waals surface area (Å²) in [5.74, 6) is 1.67. The second-order valence-electron chi connectivity index (χ2n) is 3.53. The quantitative estimate of drug-likeness (QED) is 0.722. The number of amides is 1. The fraction of sp³-hybridized carbons (Fsp3) is 0.500. The van der Waals surface area contributed by atoms with Crippen LogP contribution in [-0.4, -0.2) is 25.5 Å².